The average Bonchev–Trinajstić information content (AvgIpc) is 3.53. The molecule has 35 heavy (non-hydrogen) atoms. The molecule has 1 saturated heterocycles. The number of ether oxygens (including phenoxy) is 1. The van der Waals surface area contributed by atoms with Crippen LogP contribution < -0.4 is 5.32 Å². The van der Waals surface area contributed by atoms with Crippen molar-refractivity contribution >= 4 is 52.6 Å². The van der Waals surface area contributed by atoms with Crippen LogP contribution >= 0.6 is 23.2 Å². The molecule has 7 nitrogen and oxygen atoms in total. The van der Waals surface area contributed by atoms with Gasteiger partial charge < -0.3 is 10.1 Å². The van der Waals surface area contributed by atoms with Gasteiger partial charge in [-0.25, -0.2) is 4.79 Å². The highest BCUT2D eigenvalue weighted by Gasteiger charge is 2.61. The van der Waals surface area contributed by atoms with Crippen LogP contribution in [0.15, 0.2) is 60.7 Å². The Morgan fingerprint density at radius 1 is 0.971 bits per heavy atom. The Labute approximate surface area is 212 Å². The third-order valence-corrected chi connectivity index (χ3v) is 7.65. The van der Waals surface area contributed by atoms with Gasteiger partial charge in [0.2, 0.25) is 11.8 Å². The van der Waals surface area contributed by atoms with Crippen LogP contribution in [0, 0.1) is 23.7 Å². The van der Waals surface area contributed by atoms with E-state index in [0.717, 1.165) is 16.9 Å². The monoisotopic (exact) mass is 512 g/mol. The van der Waals surface area contributed by atoms with Crippen molar-refractivity contribution in [3.8, 4) is 0 Å². The fourth-order valence-corrected chi connectivity index (χ4v) is 5.65. The Balaban J connectivity index is 1.31. The van der Waals surface area contributed by atoms with Gasteiger partial charge in [-0.05, 0) is 42.0 Å². The number of hydrogen-bond donors (Lipinski definition) is 1. The molecule has 1 heterocycles. The van der Waals surface area contributed by atoms with Crippen LogP contribution in [0.5, 0.6) is 0 Å². The van der Waals surface area contributed by atoms with E-state index < -0.39 is 36.4 Å². The first-order valence-electron chi connectivity index (χ1n) is 11.3. The molecule has 2 aliphatic carbocycles. The number of imide groups is 1. The van der Waals surface area contributed by atoms with Gasteiger partial charge in [0.25, 0.3) is 5.91 Å². The van der Waals surface area contributed by atoms with Crippen molar-refractivity contribution in [2.24, 2.45) is 23.7 Å². The zero-order chi connectivity index (χ0) is 24.7. The number of allylic oxidation sites excluding steroid dienone is 2. The summed E-state index contributed by atoms with van der Waals surface area (Å²) in [5.41, 5.74) is 1.16. The van der Waals surface area contributed by atoms with Gasteiger partial charge >= 0.3 is 5.97 Å². The van der Waals surface area contributed by atoms with Crippen LogP contribution in [0.3, 0.4) is 0 Å². The number of amides is 3. The maximum Gasteiger partial charge on any atom is 0.330 e. The second kappa shape index (κ2) is 9.47. The number of nitrogens with one attached hydrogen (secondary N) is 1. The molecule has 9 heteroatoms. The molecule has 1 saturated carbocycles. The molecule has 2 bridgehead atoms. The Hall–Kier alpha value is -3.16. The van der Waals surface area contributed by atoms with Gasteiger partial charge in [0.15, 0.2) is 6.61 Å². The zero-order valence-electron chi connectivity index (χ0n) is 18.5. The van der Waals surface area contributed by atoms with Gasteiger partial charge in [-0.1, -0.05) is 65.7 Å². The first-order chi connectivity index (χ1) is 16.8. The van der Waals surface area contributed by atoms with E-state index in [9.17, 15) is 19.2 Å². The smallest absolute Gasteiger partial charge is 0.330 e. The topological polar surface area (TPSA) is 92.8 Å². The standard InChI is InChI=1S/C26H22Cl2N2O5/c27-18-9-8-17(12-19(18)28)29-21(31)13-35-26(34)20(10-14-4-2-1-3-5-14)30-24(32)22-15-6-7-16(11-15)23(22)25(30)33/h1-9,12,15-16,20,22-23H,10-11,13H2,(H,29,31)/t15-,16-,20+,22-,23+/m0/s1. The van der Waals surface area contributed by atoms with Crippen molar-refractivity contribution in [2.75, 3.05) is 11.9 Å². The van der Waals surface area contributed by atoms with E-state index in [0.29, 0.717) is 10.7 Å². The molecular formula is C26H22Cl2N2O5. The van der Waals surface area contributed by atoms with Crippen LogP contribution in [-0.4, -0.2) is 41.2 Å². The SMILES string of the molecule is O=C(COC(=O)[C@@H](Cc1ccccc1)N1C(=O)[C@@H]2[C@H](C1=O)[C@H]1C=C[C@H]2C1)Nc1ccc(Cl)c(Cl)c1. The first-order valence-corrected chi connectivity index (χ1v) is 12.1. The maximum absolute atomic E-state index is 13.3. The van der Waals surface area contributed by atoms with Gasteiger partial charge in [0.1, 0.15) is 6.04 Å². The lowest BCUT2D eigenvalue weighted by molar-refractivity contribution is -0.160. The second-order valence-corrected chi connectivity index (χ2v) is 9.85. The molecule has 0 spiro atoms. The summed E-state index contributed by atoms with van der Waals surface area (Å²) in [7, 11) is 0. The highest BCUT2D eigenvalue weighted by atomic mass is 35.5. The molecule has 1 aliphatic heterocycles. The van der Waals surface area contributed by atoms with Gasteiger partial charge in [0, 0.05) is 12.1 Å². The minimum absolute atomic E-state index is 0.0248. The lowest BCUT2D eigenvalue weighted by Gasteiger charge is -2.26. The molecule has 3 amide bonds. The summed E-state index contributed by atoms with van der Waals surface area (Å²) in [6.07, 6.45) is 4.90. The van der Waals surface area contributed by atoms with Gasteiger partial charge in [-0.2, -0.15) is 0 Å². The zero-order valence-corrected chi connectivity index (χ0v) is 20.0. The summed E-state index contributed by atoms with van der Waals surface area (Å²) >= 11 is 11.9. The molecule has 2 aromatic rings. The number of likely N-dealkylation sites (tertiary alicyclic amines) is 1. The number of benzene rings is 2. The highest BCUT2D eigenvalue weighted by Crippen LogP contribution is 2.53. The minimum Gasteiger partial charge on any atom is -0.454 e. The molecule has 0 unspecified atom stereocenters. The number of nitrogens with zero attached hydrogens (tertiary/aromatic N) is 1. The third kappa shape index (κ3) is 4.46. The molecule has 180 valence electrons. The van der Waals surface area contributed by atoms with E-state index in [1.165, 1.54) is 12.1 Å². The Bertz CT molecular complexity index is 1200. The number of anilines is 1. The second-order valence-electron chi connectivity index (χ2n) is 9.04. The van der Waals surface area contributed by atoms with Crippen LogP contribution in [0.1, 0.15) is 12.0 Å². The predicted octanol–water partition coefficient (Wildman–Crippen LogP) is 3.89. The lowest BCUT2D eigenvalue weighted by Crippen LogP contribution is -2.48. The molecule has 1 N–H and O–H groups in total. The molecule has 0 radical (unpaired) electrons. The van der Waals surface area contributed by atoms with E-state index in [4.69, 9.17) is 27.9 Å². The molecule has 3 aliphatic rings. The van der Waals surface area contributed by atoms with E-state index in [2.05, 4.69) is 5.32 Å². The fraction of sp³-hybridized carbons (Fsp3) is 0.308. The third-order valence-electron chi connectivity index (χ3n) is 6.91. The Morgan fingerprint density at radius 2 is 1.63 bits per heavy atom. The van der Waals surface area contributed by atoms with Crippen molar-refractivity contribution in [3.63, 3.8) is 0 Å². The summed E-state index contributed by atoms with van der Waals surface area (Å²) in [4.78, 5) is 53.3. The number of carbonyl (C=O) groups is 4. The first kappa shape index (κ1) is 23.6. The van der Waals surface area contributed by atoms with Crippen LogP contribution in [0.4, 0.5) is 5.69 Å². The fourth-order valence-electron chi connectivity index (χ4n) is 5.35. The van der Waals surface area contributed by atoms with Crippen molar-refractivity contribution in [2.45, 2.75) is 18.9 Å². The van der Waals surface area contributed by atoms with E-state index in [-0.39, 0.29) is 35.1 Å². The molecular weight excluding hydrogens is 491 g/mol. The number of halogens is 2. The summed E-state index contributed by atoms with van der Waals surface area (Å²) in [5.74, 6) is -2.88. The van der Waals surface area contributed by atoms with Crippen molar-refractivity contribution in [1.82, 2.24) is 4.90 Å². The van der Waals surface area contributed by atoms with E-state index in [1.807, 2.05) is 42.5 Å². The average molecular weight is 513 g/mol. The van der Waals surface area contributed by atoms with Crippen LogP contribution in [-0.2, 0) is 30.3 Å². The molecule has 5 rings (SSSR count). The minimum atomic E-state index is -1.15. The van der Waals surface area contributed by atoms with Crippen molar-refractivity contribution in [1.29, 1.82) is 0 Å². The van der Waals surface area contributed by atoms with E-state index >= 15 is 0 Å². The summed E-state index contributed by atoms with van der Waals surface area (Å²) in [6.45, 7) is -0.583. The quantitative estimate of drug-likeness (QED) is 0.345. The van der Waals surface area contributed by atoms with Crippen LogP contribution in [0.25, 0.3) is 0 Å². The Morgan fingerprint density at radius 3 is 2.26 bits per heavy atom. The number of carbonyl (C=O) groups excluding carboxylic acids is 4. The lowest BCUT2D eigenvalue weighted by atomic mass is 9.85. The summed E-state index contributed by atoms with van der Waals surface area (Å²) in [6, 6.07) is 12.5. The van der Waals surface area contributed by atoms with Gasteiger partial charge in [0.05, 0.1) is 21.9 Å². The predicted molar refractivity (Wildman–Crippen MR) is 130 cm³/mol. The molecule has 2 fully saturated rings. The molecule has 2 aromatic carbocycles. The number of rotatable bonds is 7. The largest absolute Gasteiger partial charge is 0.454 e. The summed E-state index contributed by atoms with van der Waals surface area (Å²) in [5, 5.41) is 3.19. The normalized spacial score (nSPS) is 25.0. The Kier molecular flexibility index (Phi) is 6.38. The van der Waals surface area contributed by atoms with Gasteiger partial charge in [-0.3, -0.25) is 19.3 Å². The van der Waals surface area contributed by atoms with Gasteiger partial charge in [-0.15, -0.1) is 0 Å². The number of fused-ring (bicyclic) bond motifs is 5. The van der Waals surface area contributed by atoms with E-state index in [1.54, 1.807) is 6.07 Å². The number of esters is 1. The molecule has 0 aromatic heterocycles. The molecule has 5 atom stereocenters. The van der Waals surface area contributed by atoms with Crippen molar-refractivity contribution in [3.05, 3.63) is 76.3 Å². The highest BCUT2D eigenvalue weighted by molar-refractivity contribution is 6.42. The summed E-state index contributed by atoms with van der Waals surface area (Å²) < 4.78 is 5.29. The maximum atomic E-state index is 13.3. The number of hydrogen-bond acceptors (Lipinski definition) is 5. The van der Waals surface area contributed by atoms with Crippen molar-refractivity contribution < 1.29 is 23.9 Å². The van der Waals surface area contributed by atoms with Crippen LogP contribution in [0.2, 0.25) is 10.0 Å².